The molecule has 0 unspecified atom stereocenters. The molecule has 9 heteroatoms. The van der Waals surface area contributed by atoms with Crippen molar-refractivity contribution in [2.45, 2.75) is 30.7 Å². The highest BCUT2D eigenvalue weighted by atomic mass is 32.2. The van der Waals surface area contributed by atoms with Gasteiger partial charge in [0.1, 0.15) is 10.7 Å². The molecule has 0 aliphatic carbocycles. The first-order valence-corrected chi connectivity index (χ1v) is 11.6. The Bertz CT molecular complexity index is 1140. The number of anilines is 1. The van der Waals surface area contributed by atoms with E-state index in [0.29, 0.717) is 49.3 Å². The van der Waals surface area contributed by atoms with E-state index in [0.717, 1.165) is 18.2 Å². The predicted octanol–water partition coefficient (Wildman–Crippen LogP) is 2.48. The monoisotopic (exact) mass is 442 g/mol. The number of halogens is 1. The van der Waals surface area contributed by atoms with E-state index in [1.807, 2.05) is 12.1 Å². The van der Waals surface area contributed by atoms with Gasteiger partial charge in [-0.3, -0.25) is 9.69 Å². The Balaban J connectivity index is 1.48. The predicted molar refractivity (Wildman–Crippen MR) is 113 cm³/mol. The van der Waals surface area contributed by atoms with Crippen LogP contribution in [-0.2, 0) is 27.8 Å². The lowest BCUT2D eigenvalue weighted by Gasteiger charge is -2.23. The minimum Gasteiger partial charge on any atom is -0.326 e. The highest BCUT2D eigenvalue weighted by molar-refractivity contribution is 7.89. The van der Waals surface area contributed by atoms with Gasteiger partial charge in [-0.2, -0.15) is 9.57 Å². The molecule has 31 heavy (non-hydrogen) atoms. The summed E-state index contributed by atoms with van der Waals surface area (Å²) in [6.45, 7) is 2.50. The van der Waals surface area contributed by atoms with Crippen molar-refractivity contribution in [2.75, 3.05) is 31.5 Å². The molecule has 2 aromatic carbocycles. The molecule has 1 N–H and O–H groups in total. The summed E-state index contributed by atoms with van der Waals surface area (Å²) in [5.74, 6) is -1.04. The molecule has 4 rings (SSSR count). The van der Waals surface area contributed by atoms with E-state index in [2.05, 4.69) is 16.3 Å². The van der Waals surface area contributed by atoms with Crippen LogP contribution in [0.4, 0.5) is 10.1 Å². The van der Waals surface area contributed by atoms with Gasteiger partial charge in [-0.25, -0.2) is 12.8 Å². The Labute approximate surface area is 181 Å². The van der Waals surface area contributed by atoms with Crippen molar-refractivity contribution >= 4 is 21.6 Å². The maximum absolute atomic E-state index is 14.7. The quantitative estimate of drug-likeness (QED) is 0.785. The van der Waals surface area contributed by atoms with Crippen molar-refractivity contribution in [3.8, 4) is 6.07 Å². The Kier molecular flexibility index (Phi) is 6.05. The van der Waals surface area contributed by atoms with Crippen molar-refractivity contribution in [1.29, 1.82) is 5.26 Å². The standard InChI is InChI=1S/C22H23FN4O3S/c23-19-13-20-18(6-7-22(28)25-20)12-21(19)31(29,30)27-9-1-8-26(10-11-27)15-17-4-2-16(14-24)3-5-17/h2-5,12-13H,1,6-11,15H2,(H,25,28). The van der Waals surface area contributed by atoms with Crippen molar-refractivity contribution in [1.82, 2.24) is 9.21 Å². The first-order valence-electron chi connectivity index (χ1n) is 10.2. The number of sulfonamides is 1. The summed E-state index contributed by atoms with van der Waals surface area (Å²) in [6.07, 6.45) is 1.28. The van der Waals surface area contributed by atoms with Crippen LogP contribution < -0.4 is 5.32 Å². The number of amides is 1. The number of nitrogens with one attached hydrogen (secondary N) is 1. The number of rotatable bonds is 4. The van der Waals surface area contributed by atoms with Crippen LogP contribution in [0.3, 0.4) is 0 Å². The zero-order valence-electron chi connectivity index (χ0n) is 17.0. The summed E-state index contributed by atoms with van der Waals surface area (Å²) in [5.41, 5.74) is 2.63. The molecular formula is C22H23FN4O3S. The van der Waals surface area contributed by atoms with Gasteiger partial charge in [-0.1, -0.05) is 12.1 Å². The summed E-state index contributed by atoms with van der Waals surface area (Å²) in [6, 6.07) is 11.9. The van der Waals surface area contributed by atoms with Gasteiger partial charge in [0.15, 0.2) is 0 Å². The lowest BCUT2D eigenvalue weighted by Crippen LogP contribution is -2.35. The smallest absolute Gasteiger partial charge is 0.246 e. The number of hydrogen-bond donors (Lipinski definition) is 1. The van der Waals surface area contributed by atoms with E-state index >= 15 is 0 Å². The SMILES string of the molecule is N#Cc1ccc(CN2CCCN(S(=O)(=O)c3cc4c(cc3F)NC(=O)CC4)CC2)cc1. The van der Waals surface area contributed by atoms with E-state index in [1.165, 1.54) is 10.4 Å². The van der Waals surface area contributed by atoms with Crippen molar-refractivity contribution in [2.24, 2.45) is 0 Å². The zero-order chi connectivity index (χ0) is 22.0. The van der Waals surface area contributed by atoms with Gasteiger partial charge < -0.3 is 5.32 Å². The van der Waals surface area contributed by atoms with Gasteiger partial charge in [0.2, 0.25) is 15.9 Å². The van der Waals surface area contributed by atoms with E-state index < -0.39 is 15.8 Å². The van der Waals surface area contributed by atoms with Gasteiger partial charge in [0, 0.05) is 38.3 Å². The van der Waals surface area contributed by atoms with Gasteiger partial charge >= 0.3 is 0 Å². The molecule has 162 valence electrons. The number of hydrogen-bond acceptors (Lipinski definition) is 5. The molecule has 0 radical (unpaired) electrons. The summed E-state index contributed by atoms with van der Waals surface area (Å²) in [7, 11) is -3.99. The fourth-order valence-corrected chi connectivity index (χ4v) is 5.57. The third-order valence-electron chi connectivity index (χ3n) is 5.71. The zero-order valence-corrected chi connectivity index (χ0v) is 17.8. The summed E-state index contributed by atoms with van der Waals surface area (Å²) < 4.78 is 42.4. The van der Waals surface area contributed by atoms with E-state index in [9.17, 15) is 17.6 Å². The van der Waals surface area contributed by atoms with Crippen molar-refractivity contribution in [3.05, 3.63) is 58.9 Å². The Morgan fingerprint density at radius 3 is 2.58 bits per heavy atom. The van der Waals surface area contributed by atoms with Crippen LogP contribution >= 0.6 is 0 Å². The lowest BCUT2D eigenvalue weighted by atomic mass is 10.0. The van der Waals surface area contributed by atoms with Crippen LogP contribution in [0.25, 0.3) is 0 Å². The van der Waals surface area contributed by atoms with Gasteiger partial charge in [0.25, 0.3) is 0 Å². The van der Waals surface area contributed by atoms with Crippen LogP contribution in [0, 0.1) is 17.1 Å². The molecule has 0 atom stereocenters. The van der Waals surface area contributed by atoms with E-state index in [1.54, 1.807) is 12.1 Å². The molecule has 0 saturated carbocycles. The Hall–Kier alpha value is -2.80. The van der Waals surface area contributed by atoms with Crippen LogP contribution in [-0.4, -0.2) is 49.7 Å². The highest BCUT2D eigenvalue weighted by Gasteiger charge is 2.31. The average molecular weight is 443 g/mol. The number of nitrogens with zero attached hydrogens (tertiary/aromatic N) is 3. The van der Waals surface area contributed by atoms with Crippen LogP contribution in [0.2, 0.25) is 0 Å². The number of aryl methyl sites for hydroxylation is 1. The molecule has 1 fully saturated rings. The van der Waals surface area contributed by atoms with Crippen LogP contribution in [0.15, 0.2) is 41.3 Å². The van der Waals surface area contributed by atoms with E-state index in [4.69, 9.17) is 5.26 Å². The molecule has 1 saturated heterocycles. The maximum Gasteiger partial charge on any atom is 0.246 e. The second-order valence-corrected chi connectivity index (χ2v) is 9.74. The lowest BCUT2D eigenvalue weighted by molar-refractivity contribution is -0.116. The molecule has 7 nitrogen and oxygen atoms in total. The van der Waals surface area contributed by atoms with Crippen LogP contribution in [0.1, 0.15) is 29.5 Å². The molecule has 0 spiro atoms. The number of carbonyl (C=O) groups is 1. The Morgan fingerprint density at radius 2 is 1.84 bits per heavy atom. The number of fused-ring (bicyclic) bond motifs is 1. The van der Waals surface area contributed by atoms with Crippen molar-refractivity contribution in [3.63, 3.8) is 0 Å². The second kappa shape index (κ2) is 8.75. The molecule has 0 bridgehead atoms. The normalized spacial score (nSPS) is 18.0. The van der Waals surface area contributed by atoms with Gasteiger partial charge in [-0.15, -0.1) is 0 Å². The van der Waals surface area contributed by atoms with E-state index in [-0.39, 0.29) is 23.8 Å². The Morgan fingerprint density at radius 1 is 1.06 bits per heavy atom. The fraction of sp³-hybridized carbons (Fsp3) is 0.364. The summed E-state index contributed by atoms with van der Waals surface area (Å²) in [5, 5.41) is 11.5. The summed E-state index contributed by atoms with van der Waals surface area (Å²) >= 11 is 0. The maximum atomic E-state index is 14.7. The first-order chi connectivity index (χ1) is 14.9. The van der Waals surface area contributed by atoms with Crippen LogP contribution in [0.5, 0.6) is 0 Å². The molecule has 0 aromatic heterocycles. The minimum absolute atomic E-state index is 0.197. The average Bonchev–Trinajstić information content (AvgIpc) is 2.99. The molecule has 2 heterocycles. The number of benzene rings is 2. The minimum atomic E-state index is -3.99. The van der Waals surface area contributed by atoms with Gasteiger partial charge in [-0.05, 0) is 54.8 Å². The summed E-state index contributed by atoms with van der Waals surface area (Å²) in [4.78, 5) is 13.4. The fourth-order valence-electron chi connectivity index (χ4n) is 4.00. The molecule has 1 amide bonds. The highest BCUT2D eigenvalue weighted by Crippen LogP contribution is 2.30. The number of carbonyl (C=O) groups excluding carboxylic acids is 1. The largest absolute Gasteiger partial charge is 0.326 e. The third-order valence-corrected chi connectivity index (χ3v) is 7.62. The molecule has 2 aliphatic rings. The molecule has 2 aromatic rings. The first kappa shape index (κ1) is 21.4. The molecular weight excluding hydrogens is 419 g/mol. The third kappa shape index (κ3) is 4.61. The number of nitriles is 1. The topological polar surface area (TPSA) is 93.5 Å². The second-order valence-electron chi connectivity index (χ2n) is 7.83. The van der Waals surface area contributed by atoms with Crippen molar-refractivity contribution < 1.29 is 17.6 Å². The molecule has 2 aliphatic heterocycles. The van der Waals surface area contributed by atoms with Gasteiger partial charge in [0.05, 0.1) is 11.6 Å².